The second-order valence-electron chi connectivity index (χ2n) is 5.47. The van der Waals surface area contributed by atoms with E-state index in [1.165, 1.54) is 6.07 Å². The van der Waals surface area contributed by atoms with Crippen molar-refractivity contribution in [1.82, 2.24) is 0 Å². The van der Waals surface area contributed by atoms with Crippen LogP contribution in [0.15, 0.2) is 66.7 Å². The molecule has 0 amide bonds. The molecule has 0 aromatic heterocycles. The highest BCUT2D eigenvalue weighted by atomic mass is 35.5. The van der Waals surface area contributed by atoms with Crippen LogP contribution in [0.25, 0.3) is 0 Å². The fourth-order valence-corrected chi connectivity index (χ4v) is 2.66. The van der Waals surface area contributed by atoms with E-state index in [4.69, 9.17) is 27.9 Å². The molecule has 25 heavy (non-hydrogen) atoms. The summed E-state index contributed by atoms with van der Waals surface area (Å²) in [5.41, 5.74) is 2.35. The van der Waals surface area contributed by atoms with Gasteiger partial charge in [-0.25, -0.2) is 4.39 Å². The van der Waals surface area contributed by atoms with Gasteiger partial charge in [-0.05, 0) is 30.3 Å². The molecule has 128 valence electrons. The van der Waals surface area contributed by atoms with Gasteiger partial charge in [0.15, 0.2) is 0 Å². The summed E-state index contributed by atoms with van der Waals surface area (Å²) in [5.74, 6) is 0.437. The molecule has 1 N–H and O–H groups in total. The standard InChI is InChI=1S/C20H16Cl2FNO/c21-17-10-9-16(11-18(17)22)24-12-14-5-2-4-8-20(14)25-13-15-6-1-3-7-19(15)23/h1-11,24H,12-13H2. The monoisotopic (exact) mass is 375 g/mol. The minimum Gasteiger partial charge on any atom is -0.488 e. The molecule has 0 aliphatic heterocycles. The molecule has 2 nitrogen and oxygen atoms in total. The van der Waals surface area contributed by atoms with Crippen molar-refractivity contribution in [3.8, 4) is 5.75 Å². The van der Waals surface area contributed by atoms with E-state index in [1.807, 2.05) is 30.3 Å². The maximum atomic E-state index is 13.7. The zero-order chi connectivity index (χ0) is 17.6. The van der Waals surface area contributed by atoms with Crippen LogP contribution in [0.3, 0.4) is 0 Å². The van der Waals surface area contributed by atoms with Crippen LogP contribution in [-0.2, 0) is 13.2 Å². The van der Waals surface area contributed by atoms with Crippen LogP contribution in [0.1, 0.15) is 11.1 Å². The van der Waals surface area contributed by atoms with Crippen molar-refractivity contribution in [3.63, 3.8) is 0 Å². The molecule has 0 unspecified atom stereocenters. The van der Waals surface area contributed by atoms with E-state index in [2.05, 4.69) is 5.32 Å². The third kappa shape index (κ3) is 4.65. The van der Waals surface area contributed by atoms with Gasteiger partial charge in [0, 0.05) is 23.4 Å². The van der Waals surface area contributed by atoms with Crippen molar-refractivity contribution in [3.05, 3.63) is 93.7 Å². The number of benzene rings is 3. The van der Waals surface area contributed by atoms with E-state index in [0.717, 1.165) is 11.3 Å². The minimum atomic E-state index is -0.270. The Bertz CT molecular complexity index is 870. The molecule has 0 heterocycles. The van der Waals surface area contributed by atoms with Crippen molar-refractivity contribution in [1.29, 1.82) is 0 Å². The average Bonchev–Trinajstić information content (AvgIpc) is 2.63. The molecule has 0 saturated heterocycles. The number of rotatable bonds is 6. The molecule has 0 radical (unpaired) electrons. The Morgan fingerprint density at radius 2 is 1.56 bits per heavy atom. The maximum absolute atomic E-state index is 13.7. The summed E-state index contributed by atoms with van der Waals surface area (Å²) in [7, 11) is 0. The Morgan fingerprint density at radius 3 is 2.32 bits per heavy atom. The van der Waals surface area contributed by atoms with Crippen LogP contribution in [0.5, 0.6) is 5.75 Å². The highest BCUT2D eigenvalue weighted by Gasteiger charge is 2.06. The second kappa shape index (κ2) is 8.24. The topological polar surface area (TPSA) is 21.3 Å². The summed E-state index contributed by atoms with van der Waals surface area (Å²) in [6.45, 7) is 0.724. The summed E-state index contributed by atoms with van der Waals surface area (Å²) < 4.78 is 19.5. The molecule has 5 heteroatoms. The van der Waals surface area contributed by atoms with Crippen molar-refractivity contribution in [2.45, 2.75) is 13.2 Å². The van der Waals surface area contributed by atoms with Gasteiger partial charge in [0.25, 0.3) is 0 Å². The van der Waals surface area contributed by atoms with Gasteiger partial charge < -0.3 is 10.1 Å². The molecule has 3 rings (SSSR count). The van der Waals surface area contributed by atoms with E-state index in [1.54, 1.807) is 30.3 Å². The first-order chi connectivity index (χ1) is 12.1. The van der Waals surface area contributed by atoms with Crippen LogP contribution < -0.4 is 10.1 Å². The van der Waals surface area contributed by atoms with Crippen LogP contribution >= 0.6 is 23.2 Å². The quantitative estimate of drug-likeness (QED) is 0.543. The number of nitrogens with one attached hydrogen (secondary N) is 1. The Morgan fingerprint density at radius 1 is 0.840 bits per heavy atom. The fourth-order valence-electron chi connectivity index (χ4n) is 2.37. The van der Waals surface area contributed by atoms with Crippen LogP contribution in [0.2, 0.25) is 10.0 Å². The van der Waals surface area contributed by atoms with E-state index >= 15 is 0 Å². The van der Waals surface area contributed by atoms with E-state index in [-0.39, 0.29) is 12.4 Å². The zero-order valence-corrected chi connectivity index (χ0v) is 14.8. The Balaban J connectivity index is 1.68. The Labute approximate surface area is 156 Å². The number of hydrogen-bond acceptors (Lipinski definition) is 2. The smallest absolute Gasteiger partial charge is 0.129 e. The molecule has 0 aliphatic carbocycles. The summed E-state index contributed by atoms with van der Waals surface area (Å²) >= 11 is 12.0. The molecular weight excluding hydrogens is 360 g/mol. The first kappa shape index (κ1) is 17.6. The van der Waals surface area contributed by atoms with Gasteiger partial charge in [-0.3, -0.25) is 0 Å². The molecule has 0 spiro atoms. The van der Waals surface area contributed by atoms with E-state index < -0.39 is 0 Å². The molecule has 0 bridgehead atoms. The number of halogens is 3. The van der Waals surface area contributed by atoms with Crippen molar-refractivity contribution < 1.29 is 9.13 Å². The highest BCUT2D eigenvalue weighted by Crippen LogP contribution is 2.26. The summed E-state index contributed by atoms with van der Waals surface area (Å²) in [4.78, 5) is 0. The van der Waals surface area contributed by atoms with Gasteiger partial charge in [0.2, 0.25) is 0 Å². The molecule has 0 atom stereocenters. The third-order valence-electron chi connectivity index (χ3n) is 3.72. The van der Waals surface area contributed by atoms with Crippen LogP contribution in [-0.4, -0.2) is 0 Å². The number of para-hydroxylation sites is 1. The number of anilines is 1. The number of ether oxygens (including phenoxy) is 1. The highest BCUT2D eigenvalue weighted by molar-refractivity contribution is 6.42. The summed E-state index contributed by atoms with van der Waals surface area (Å²) in [6, 6.07) is 19.6. The molecule has 3 aromatic rings. The predicted octanol–water partition coefficient (Wildman–Crippen LogP) is 6.32. The molecule has 0 saturated carbocycles. The largest absolute Gasteiger partial charge is 0.488 e. The first-order valence-corrected chi connectivity index (χ1v) is 8.52. The third-order valence-corrected chi connectivity index (χ3v) is 4.46. The van der Waals surface area contributed by atoms with Crippen molar-refractivity contribution in [2.24, 2.45) is 0 Å². The lowest BCUT2D eigenvalue weighted by atomic mass is 10.2. The van der Waals surface area contributed by atoms with E-state index in [9.17, 15) is 4.39 Å². The predicted molar refractivity (Wildman–Crippen MR) is 101 cm³/mol. The lowest BCUT2D eigenvalue weighted by Crippen LogP contribution is -2.04. The lowest BCUT2D eigenvalue weighted by Gasteiger charge is -2.13. The Hall–Kier alpha value is -2.23. The molecule has 0 aliphatic rings. The Kier molecular flexibility index (Phi) is 5.79. The fraction of sp³-hybridized carbons (Fsp3) is 0.100. The summed E-state index contributed by atoms with van der Waals surface area (Å²) in [6.07, 6.45) is 0. The SMILES string of the molecule is Fc1ccccc1COc1ccccc1CNc1ccc(Cl)c(Cl)c1. The minimum absolute atomic E-state index is 0.177. The van der Waals surface area contributed by atoms with Gasteiger partial charge in [0.05, 0.1) is 10.0 Å². The number of hydrogen-bond donors (Lipinski definition) is 1. The zero-order valence-electron chi connectivity index (χ0n) is 13.3. The van der Waals surface area contributed by atoms with Crippen molar-refractivity contribution >= 4 is 28.9 Å². The normalized spacial score (nSPS) is 10.5. The maximum Gasteiger partial charge on any atom is 0.129 e. The lowest BCUT2D eigenvalue weighted by molar-refractivity contribution is 0.297. The summed E-state index contributed by atoms with van der Waals surface area (Å²) in [5, 5.41) is 4.29. The first-order valence-electron chi connectivity index (χ1n) is 7.76. The molecule has 0 fully saturated rings. The molecular formula is C20H16Cl2FNO. The van der Waals surface area contributed by atoms with Gasteiger partial charge in [-0.1, -0.05) is 59.6 Å². The average molecular weight is 376 g/mol. The van der Waals surface area contributed by atoms with Gasteiger partial charge in [-0.2, -0.15) is 0 Å². The van der Waals surface area contributed by atoms with Crippen LogP contribution in [0, 0.1) is 5.82 Å². The van der Waals surface area contributed by atoms with Crippen LogP contribution in [0.4, 0.5) is 10.1 Å². The van der Waals surface area contributed by atoms with Gasteiger partial charge in [0.1, 0.15) is 18.2 Å². The molecule has 3 aromatic carbocycles. The van der Waals surface area contributed by atoms with Crippen molar-refractivity contribution in [2.75, 3.05) is 5.32 Å². The second-order valence-corrected chi connectivity index (χ2v) is 6.28. The van der Waals surface area contributed by atoms with Gasteiger partial charge >= 0.3 is 0 Å². The van der Waals surface area contributed by atoms with Gasteiger partial charge in [-0.15, -0.1) is 0 Å². The van der Waals surface area contributed by atoms with E-state index in [0.29, 0.717) is 27.9 Å².